The lowest BCUT2D eigenvalue weighted by Crippen LogP contribution is -2.03. The summed E-state index contributed by atoms with van der Waals surface area (Å²) in [5.41, 5.74) is 2.51. The molecule has 0 amide bonds. The number of carbonyl (C=O) groups is 1. The molecule has 0 spiro atoms. The number of rotatable bonds is 3. The molecule has 0 radical (unpaired) electrons. The number of aromatic carboxylic acids is 1. The van der Waals surface area contributed by atoms with E-state index in [-0.39, 0.29) is 5.56 Å². The molecule has 0 atom stereocenters. The highest BCUT2D eigenvalue weighted by Crippen LogP contribution is 2.18. The van der Waals surface area contributed by atoms with Crippen molar-refractivity contribution in [3.8, 4) is 0 Å². The molecule has 0 bridgehead atoms. The van der Waals surface area contributed by atoms with E-state index in [2.05, 4.69) is 15.3 Å². The third-order valence-corrected chi connectivity index (χ3v) is 2.47. The highest BCUT2D eigenvalue weighted by Gasteiger charge is 2.07. The molecule has 0 fully saturated rings. The number of anilines is 2. The first-order chi connectivity index (χ1) is 8.56. The fourth-order valence-electron chi connectivity index (χ4n) is 1.61. The van der Waals surface area contributed by atoms with Crippen LogP contribution in [0.4, 0.5) is 11.5 Å². The van der Waals surface area contributed by atoms with Gasteiger partial charge in [-0.05, 0) is 38.1 Å². The van der Waals surface area contributed by atoms with Crippen LogP contribution in [0.15, 0.2) is 30.5 Å². The fourth-order valence-corrected chi connectivity index (χ4v) is 1.61. The van der Waals surface area contributed by atoms with E-state index >= 15 is 0 Å². The van der Waals surface area contributed by atoms with E-state index in [0.717, 1.165) is 11.4 Å². The van der Waals surface area contributed by atoms with E-state index < -0.39 is 5.97 Å². The number of carboxylic acid groups (broad SMARTS) is 1. The molecule has 92 valence electrons. The maximum Gasteiger partial charge on any atom is 0.335 e. The van der Waals surface area contributed by atoms with Crippen molar-refractivity contribution in [1.82, 2.24) is 9.97 Å². The zero-order valence-corrected chi connectivity index (χ0v) is 10.1. The van der Waals surface area contributed by atoms with Crippen molar-refractivity contribution < 1.29 is 9.90 Å². The fraction of sp³-hybridized carbons (Fsp3) is 0.154. The van der Waals surface area contributed by atoms with Crippen LogP contribution in [0, 0.1) is 13.8 Å². The third-order valence-electron chi connectivity index (χ3n) is 2.47. The van der Waals surface area contributed by atoms with Crippen molar-refractivity contribution in [2.45, 2.75) is 13.8 Å². The van der Waals surface area contributed by atoms with Crippen LogP contribution >= 0.6 is 0 Å². The summed E-state index contributed by atoms with van der Waals surface area (Å²) in [5.74, 6) is -0.463. The van der Waals surface area contributed by atoms with Gasteiger partial charge in [-0.1, -0.05) is 0 Å². The highest BCUT2D eigenvalue weighted by atomic mass is 16.4. The molecule has 0 saturated carbocycles. The highest BCUT2D eigenvalue weighted by molar-refractivity contribution is 5.88. The summed E-state index contributed by atoms with van der Waals surface area (Å²) in [5, 5.41) is 12.1. The van der Waals surface area contributed by atoms with E-state index in [9.17, 15) is 4.79 Å². The lowest BCUT2D eigenvalue weighted by Gasteiger charge is -2.09. The second kappa shape index (κ2) is 4.83. The van der Waals surface area contributed by atoms with Crippen LogP contribution in [0.25, 0.3) is 0 Å². The zero-order chi connectivity index (χ0) is 13.1. The van der Waals surface area contributed by atoms with Gasteiger partial charge in [-0.25, -0.2) is 9.78 Å². The van der Waals surface area contributed by atoms with Crippen LogP contribution in [0.2, 0.25) is 0 Å². The van der Waals surface area contributed by atoms with Gasteiger partial charge in [0.05, 0.1) is 16.9 Å². The van der Waals surface area contributed by atoms with Crippen molar-refractivity contribution in [1.29, 1.82) is 0 Å². The van der Waals surface area contributed by atoms with Gasteiger partial charge < -0.3 is 10.4 Å². The Morgan fingerprint density at radius 3 is 2.78 bits per heavy atom. The number of aromatic nitrogens is 2. The molecule has 0 unspecified atom stereocenters. The SMILES string of the molecule is Cc1cc(C(=O)O)cc(Nc2cccnc2C)n1. The third kappa shape index (κ3) is 2.63. The summed E-state index contributed by atoms with van der Waals surface area (Å²) >= 11 is 0. The van der Waals surface area contributed by atoms with Gasteiger partial charge in [-0.3, -0.25) is 4.98 Å². The van der Waals surface area contributed by atoms with E-state index in [1.807, 2.05) is 19.1 Å². The minimum absolute atomic E-state index is 0.214. The number of nitrogens with zero attached hydrogens (tertiary/aromatic N) is 2. The van der Waals surface area contributed by atoms with E-state index in [4.69, 9.17) is 5.11 Å². The Labute approximate surface area is 105 Å². The summed E-state index contributed by atoms with van der Waals surface area (Å²) in [6.45, 7) is 3.63. The molecule has 2 rings (SSSR count). The predicted octanol–water partition coefficient (Wildman–Crippen LogP) is 2.54. The lowest BCUT2D eigenvalue weighted by atomic mass is 10.2. The van der Waals surface area contributed by atoms with Gasteiger partial charge in [0.1, 0.15) is 5.82 Å². The maximum atomic E-state index is 11.0. The topological polar surface area (TPSA) is 75.1 Å². The number of hydrogen-bond acceptors (Lipinski definition) is 4. The Balaban J connectivity index is 2.35. The molecule has 2 N–H and O–H groups in total. The van der Waals surface area contributed by atoms with Crippen molar-refractivity contribution in [3.05, 3.63) is 47.4 Å². The maximum absolute atomic E-state index is 11.0. The van der Waals surface area contributed by atoms with Crippen LogP contribution in [0.3, 0.4) is 0 Å². The van der Waals surface area contributed by atoms with E-state index in [1.54, 1.807) is 13.1 Å². The van der Waals surface area contributed by atoms with Crippen LogP contribution < -0.4 is 5.32 Å². The molecule has 0 aliphatic rings. The number of aryl methyl sites for hydroxylation is 2. The lowest BCUT2D eigenvalue weighted by molar-refractivity contribution is 0.0696. The van der Waals surface area contributed by atoms with Gasteiger partial charge >= 0.3 is 5.97 Å². The van der Waals surface area contributed by atoms with Gasteiger partial charge in [-0.15, -0.1) is 0 Å². The van der Waals surface area contributed by atoms with Crippen molar-refractivity contribution in [2.24, 2.45) is 0 Å². The largest absolute Gasteiger partial charge is 0.478 e. The number of pyridine rings is 2. The first-order valence-corrected chi connectivity index (χ1v) is 5.47. The van der Waals surface area contributed by atoms with Crippen molar-refractivity contribution in [3.63, 3.8) is 0 Å². The van der Waals surface area contributed by atoms with Crippen molar-refractivity contribution in [2.75, 3.05) is 5.32 Å². The molecular weight excluding hydrogens is 230 g/mol. The molecular formula is C13H13N3O2. The Morgan fingerprint density at radius 2 is 2.11 bits per heavy atom. The Morgan fingerprint density at radius 1 is 1.33 bits per heavy atom. The molecule has 18 heavy (non-hydrogen) atoms. The standard InChI is InChI=1S/C13H13N3O2/c1-8-6-10(13(17)18)7-12(15-8)16-11-4-3-5-14-9(11)2/h3-7H,1-2H3,(H,15,16)(H,17,18). The normalized spacial score (nSPS) is 10.1. The molecule has 2 aromatic heterocycles. The summed E-state index contributed by atoms with van der Waals surface area (Å²) in [4.78, 5) is 19.4. The molecule has 5 heteroatoms. The monoisotopic (exact) mass is 243 g/mol. The van der Waals surface area contributed by atoms with Crippen LogP contribution in [0.5, 0.6) is 0 Å². The van der Waals surface area contributed by atoms with E-state index in [1.165, 1.54) is 12.1 Å². The van der Waals surface area contributed by atoms with Gasteiger partial charge in [0.15, 0.2) is 0 Å². The molecule has 5 nitrogen and oxygen atoms in total. The molecule has 0 aliphatic heterocycles. The van der Waals surface area contributed by atoms with Crippen molar-refractivity contribution >= 4 is 17.5 Å². The van der Waals surface area contributed by atoms with Gasteiger partial charge in [-0.2, -0.15) is 0 Å². The van der Waals surface area contributed by atoms with E-state index in [0.29, 0.717) is 11.5 Å². The molecule has 0 aliphatic carbocycles. The number of hydrogen-bond donors (Lipinski definition) is 2. The average molecular weight is 243 g/mol. The Kier molecular flexibility index (Phi) is 3.23. The molecule has 0 saturated heterocycles. The summed E-state index contributed by atoms with van der Waals surface area (Å²) < 4.78 is 0. The second-order valence-corrected chi connectivity index (χ2v) is 3.95. The predicted molar refractivity (Wildman–Crippen MR) is 68.2 cm³/mol. The summed E-state index contributed by atoms with van der Waals surface area (Å²) in [6.07, 6.45) is 1.70. The second-order valence-electron chi connectivity index (χ2n) is 3.95. The van der Waals surface area contributed by atoms with Gasteiger partial charge in [0, 0.05) is 11.9 Å². The first kappa shape index (κ1) is 12.0. The first-order valence-electron chi connectivity index (χ1n) is 5.47. The molecule has 0 aromatic carbocycles. The van der Waals surface area contributed by atoms with Crippen LogP contribution in [-0.2, 0) is 0 Å². The van der Waals surface area contributed by atoms with Gasteiger partial charge in [0.2, 0.25) is 0 Å². The Hall–Kier alpha value is -2.43. The minimum Gasteiger partial charge on any atom is -0.478 e. The van der Waals surface area contributed by atoms with Crippen LogP contribution in [-0.4, -0.2) is 21.0 Å². The minimum atomic E-state index is -0.966. The summed E-state index contributed by atoms with van der Waals surface area (Å²) in [7, 11) is 0. The summed E-state index contributed by atoms with van der Waals surface area (Å²) in [6, 6.07) is 6.71. The number of nitrogens with one attached hydrogen (secondary N) is 1. The smallest absolute Gasteiger partial charge is 0.335 e. The quantitative estimate of drug-likeness (QED) is 0.866. The Bertz CT molecular complexity index is 597. The average Bonchev–Trinajstić information content (AvgIpc) is 2.31. The molecule has 2 heterocycles. The number of carboxylic acids is 1. The van der Waals surface area contributed by atoms with Gasteiger partial charge in [0.25, 0.3) is 0 Å². The van der Waals surface area contributed by atoms with Crippen LogP contribution in [0.1, 0.15) is 21.7 Å². The molecule has 2 aromatic rings. The zero-order valence-electron chi connectivity index (χ0n) is 10.1.